The highest BCUT2D eigenvalue weighted by Crippen LogP contribution is 2.49. The molecule has 1 aliphatic heterocycles. The van der Waals surface area contributed by atoms with Crippen molar-refractivity contribution in [2.24, 2.45) is 27.6 Å². The van der Waals surface area contributed by atoms with E-state index in [1.165, 1.54) is 0 Å². The zero-order valence-electron chi connectivity index (χ0n) is 17.3. The van der Waals surface area contributed by atoms with Gasteiger partial charge in [-0.2, -0.15) is 0 Å². The van der Waals surface area contributed by atoms with Crippen LogP contribution in [-0.4, -0.2) is 37.3 Å². The number of methoxy groups -OCH3 is 1. The van der Waals surface area contributed by atoms with Gasteiger partial charge >= 0.3 is 0 Å². The normalized spacial score (nSPS) is 33.2. The molecule has 0 saturated heterocycles. The maximum absolute atomic E-state index is 13.2. The molecule has 0 amide bonds. The zero-order chi connectivity index (χ0) is 20.8. The molecule has 7 heteroatoms. The third-order valence-electron chi connectivity index (χ3n) is 6.59. The number of ether oxygens (including phenoxy) is 2. The van der Waals surface area contributed by atoms with Crippen LogP contribution in [0.15, 0.2) is 28.2 Å². The molecule has 3 aliphatic rings. The molecule has 29 heavy (non-hydrogen) atoms. The van der Waals surface area contributed by atoms with Gasteiger partial charge in [-0.05, 0) is 57.2 Å². The summed E-state index contributed by atoms with van der Waals surface area (Å²) < 4.78 is 37.6. The van der Waals surface area contributed by atoms with Crippen molar-refractivity contribution in [2.75, 3.05) is 13.7 Å². The monoisotopic (exact) mass is 405 g/mol. The Morgan fingerprint density at radius 1 is 1.14 bits per heavy atom. The summed E-state index contributed by atoms with van der Waals surface area (Å²) in [4.78, 5) is 9.80. The van der Waals surface area contributed by atoms with Gasteiger partial charge in [0.15, 0.2) is 5.66 Å². The highest BCUT2D eigenvalue weighted by Gasteiger charge is 2.57. The van der Waals surface area contributed by atoms with Crippen molar-refractivity contribution < 1.29 is 18.3 Å². The second kappa shape index (κ2) is 7.35. The van der Waals surface area contributed by atoms with Crippen LogP contribution in [0.1, 0.15) is 50.2 Å². The molecule has 158 valence electrons. The van der Waals surface area contributed by atoms with E-state index in [9.17, 15) is 8.78 Å². The summed E-state index contributed by atoms with van der Waals surface area (Å²) in [5.41, 5.74) is 8.10. The SMILES string of the molecule is COC1CCC(C2(c3cc(OCC4CC4(F)F)ccc3C)N=C(C)C(N)=N2)CC1. The second-order valence-corrected chi connectivity index (χ2v) is 8.58. The third kappa shape index (κ3) is 3.77. The summed E-state index contributed by atoms with van der Waals surface area (Å²) in [5.74, 6) is -2.04. The van der Waals surface area contributed by atoms with E-state index in [0.29, 0.717) is 11.6 Å². The molecule has 2 aliphatic carbocycles. The lowest BCUT2D eigenvalue weighted by molar-refractivity contribution is 0.0425. The fraction of sp³-hybridized carbons (Fsp3) is 0.636. The van der Waals surface area contributed by atoms with E-state index in [2.05, 4.69) is 0 Å². The largest absolute Gasteiger partial charge is 0.493 e. The van der Waals surface area contributed by atoms with E-state index in [4.69, 9.17) is 25.2 Å². The van der Waals surface area contributed by atoms with E-state index in [1.54, 1.807) is 7.11 Å². The van der Waals surface area contributed by atoms with E-state index < -0.39 is 17.5 Å². The molecule has 2 N–H and O–H groups in total. The summed E-state index contributed by atoms with van der Waals surface area (Å²) in [6.07, 6.45) is 3.96. The molecule has 0 spiro atoms. The second-order valence-electron chi connectivity index (χ2n) is 8.58. The maximum Gasteiger partial charge on any atom is 0.255 e. The quantitative estimate of drug-likeness (QED) is 0.770. The van der Waals surface area contributed by atoms with Gasteiger partial charge in [-0.3, -0.25) is 4.99 Å². The van der Waals surface area contributed by atoms with Gasteiger partial charge in [0, 0.05) is 25.0 Å². The standard InChI is InChI=1S/C22H29F2N3O2/c1-13-4-7-18(29-12-16-11-21(16,23)24)10-19(13)22(26-14(2)20(25)27-22)15-5-8-17(28-3)9-6-15/h4,7,10,15-17H,5-6,8-9,11-12H2,1-3H3,(H2,25,27). The van der Waals surface area contributed by atoms with Crippen LogP contribution in [0.3, 0.4) is 0 Å². The minimum Gasteiger partial charge on any atom is -0.493 e. The van der Waals surface area contributed by atoms with Crippen LogP contribution in [-0.2, 0) is 10.4 Å². The fourth-order valence-electron chi connectivity index (χ4n) is 4.56. The van der Waals surface area contributed by atoms with Crippen molar-refractivity contribution in [3.8, 4) is 5.75 Å². The minimum atomic E-state index is -2.58. The molecule has 0 bridgehead atoms. The molecule has 0 aromatic heterocycles. The van der Waals surface area contributed by atoms with E-state index in [0.717, 1.165) is 42.5 Å². The van der Waals surface area contributed by atoms with Crippen molar-refractivity contribution >= 4 is 11.5 Å². The number of aliphatic imine (C=N–C) groups is 2. The first-order chi connectivity index (χ1) is 13.7. The average Bonchev–Trinajstić information content (AvgIpc) is 3.20. The Balaban J connectivity index is 1.64. The van der Waals surface area contributed by atoms with Crippen LogP contribution >= 0.6 is 0 Å². The highest BCUT2D eigenvalue weighted by atomic mass is 19.3. The maximum atomic E-state index is 13.2. The van der Waals surface area contributed by atoms with E-state index in [1.807, 2.05) is 32.0 Å². The predicted octanol–water partition coefficient (Wildman–Crippen LogP) is 4.22. The molecule has 2 atom stereocenters. The number of nitrogens with two attached hydrogens (primary N) is 1. The lowest BCUT2D eigenvalue weighted by Gasteiger charge is -2.38. The van der Waals surface area contributed by atoms with Crippen LogP contribution in [0.4, 0.5) is 8.78 Å². The molecule has 1 heterocycles. The van der Waals surface area contributed by atoms with Gasteiger partial charge in [0.25, 0.3) is 5.92 Å². The molecule has 1 aromatic rings. The number of hydrogen-bond acceptors (Lipinski definition) is 5. The van der Waals surface area contributed by atoms with Crippen LogP contribution in [0, 0.1) is 18.8 Å². The molecule has 0 radical (unpaired) electrons. The van der Waals surface area contributed by atoms with Gasteiger partial charge in [-0.25, -0.2) is 13.8 Å². The number of halogens is 2. The molecule has 5 nitrogen and oxygen atoms in total. The van der Waals surface area contributed by atoms with Crippen LogP contribution in [0.5, 0.6) is 5.75 Å². The first-order valence-electron chi connectivity index (χ1n) is 10.3. The van der Waals surface area contributed by atoms with Crippen LogP contribution in [0.25, 0.3) is 0 Å². The van der Waals surface area contributed by atoms with Gasteiger partial charge in [0.2, 0.25) is 0 Å². The molecule has 4 rings (SSSR count). The van der Waals surface area contributed by atoms with Gasteiger partial charge in [0.05, 0.1) is 24.3 Å². The first-order valence-corrected chi connectivity index (χ1v) is 10.3. The summed E-state index contributed by atoms with van der Waals surface area (Å²) in [7, 11) is 1.75. The van der Waals surface area contributed by atoms with Crippen LogP contribution in [0.2, 0.25) is 0 Å². The highest BCUT2D eigenvalue weighted by molar-refractivity contribution is 6.41. The zero-order valence-corrected chi connectivity index (χ0v) is 17.3. The molecule has 2 fully saturated rings. The van der Waals surface area contributed by atoms with Crippen molar-refractivity contribution in [3.05, 3.63) is 29.3 Å². The van der Waals surface area contributed by atoms with Crippen molar-refractivity contribution in [2.45, 2.75) is 63.6 Å². The Morgan fingerprint density at radius 2 is 1.83 bits per heavy atom. The number of hydrogen-bond donors (Lipinski definition) is 1. The third-order valence-corrected chi connectivity index (χ3v) is 6.59. The number of alkyl halides is 2. The number of aryl methyl sites for hydroxylation is 1. The van der Waals surface area contributed by atoms with Gasteiger partial charge < -0.3 is 15.2 Å². The summed E-state index contributed by atoms with van der Waals surface area (Å²) in [6, 6.07) is 5.69. The van der Waals surface area contributed by atoms with Crippen molar-refractivity contribution in [1.29, 1.82) is 0 Å². The van der Waals surface area contributed by atoms with Crippen molar-refractivity contribution in [3.63, 3.8) is 0 Å². The van der Waals surface area contributed by atoms with Gasteiger partial charge in [0.1, 0.15) is 11.6 Å². The Kier molecular flexibility index (Phi) is 5.13. The molecular weight excluding hydrogens is 376 g/mol. The fourth-order valence-corrected chi connectivity index (χ4v) is 4.56. The number of amidine groups is 1. The van der Waals surface area contributed by atoms with E-state index >= 15 is 0 Å². The molecular formula is C22H29F2N3O2. The molecule has 2 unspecified atom stereocenters. The average molecular weight is 405 g/mol. The lowest BCUT2D eigenvalue weighted by atomic mass is 9.75. The number of benzene rings is 1. The Hall–Kier alpha value is -2.02. The summed E-state index contributed by atoms with van der Waals surface area (Å²) in [5, 5.41) is 0. The Labute approximate surface area is 170 Å². The molecule has 1 aromatic carbocycles. The summed E-state index contributed by atoms with van der Waals surface area (Å²) in [6.45, 7) is 3.92. The van der Waals surface area contributed by atoms with Gasteiger partial charge in [-0.1, -0.05) is 6.07 Å². The minimum absolute atomic E-state index is 0.0230. The smallest absolute Gasteiger partial charge is 0.255 e. The Bertz CT molecular complexity index is 826. The van der Waals surface area contributed by atoms with E-state index in [-0.39, 0.29) is 25.0 Å². The first kappa shape index (κ1) is 20.3. The Morgan fingerprint density at radius 3 is 2.38 bits per heavy atom. The number of nitrogens with zero attached hydrogens (tertiary/aromatic N) is 2. The lowest BCUT2D eigenvalue weighted by Crippen LogP contribution is -2.36. The topological polar surface area (TPSA) is 69.2 Å². The van der Waals surface area contributed by atoms with Crippen LogP contribution < -0.4 is 10.5 Å². The predicted molar refractivity (Wildman–Crippen MR) is 109 cm³/mol. The summed E-state index contributed by atoms with van der Waals surface area (Å²) >= 11 is 0. The van der Waals surface area contributed by atoms with Crippen molar-refractivity contribution in [1.82, 2.24) is 0 Å². The molecule has 2 saturated carbocycles. The van der Waals surface area contributed by atoms with Gasteiger partial charge in [-0.15, -0.1) is 0 Å². The number of rotatable bonds is 6.